The smallest absolute Gasteiger partial charge is 0.226 e. The van der Waals surface area contributed by atoms with E-state index in [2.05, 4.69) is 10.0 Å². The van der Waals surface area contributed by atoms with Crippen molar-refractivity contribution in [1.82, 2.24) is 4.72 Å². The van der Waals surface area contributed by atoms with Gasteiger partial charge in [0.25, 0.3) is 0 Å². The minimum atomic E-state index is -3.82. The first-order chi connectivity index (χ1) is 8.75. The van der Waals surface area contributed by atoms with Gasteiger partial charge in [0.15, 0.2) is 14.9 Å². The highest BCUT2D eigenvalue weighted by Crippen LogP contribution is 2.21. The Morgan fingerprint density at radius 1 is 1.26 bits per heavy atom. The molecule has 0 radical (unpaired) electrons. The molecule has 1 aliphatic heterocycles. The normalized spacial score (nSPS) is 19.5. The number of para-hydroxylation sites is 1. The zero-order chi connectivity index (χ0) is 14.1. The van der Waals surface area contributed by atoms with Gasteiger partial charge in [0.2, 0.25) is 10.0 Å². The second-order valence-electron chi connectivity index (χ2n) is 4.72. The van der Waals surface area contributed by atoms with Crippen LogP contribution in [0.3, 0.4) is 0 Å². The molecule has 1 heterocycles. The van der Waals surface area contributed by atoms with E-state index in [0.29, 0.717) is 13.0 Å². The van der Waals surface area contributed by atoms with Crippen molar-refractivity contribution in [2.75, 3.05) is 23.2 Å². The number of benzene rings is 1. The lowest BCUT2D eigenvalue weighted by atomic mass is 10.0. The minimum absolute atomic E-state index is 0.332. The van der Waals surface area contributed by atoms with Gasteiger partial charge in [0.1, 0.15) is 0 Å². The van der Waals surface area contributed by atoms with E-state index in [1.54, 1.807) is 0 Å². The molecule has 0 spiro atoms. The summed E-state index contributed by atoms with van der Waals surface area (Å²) >= 11 is 0. The van der Waals surface area contributed by atoms with Gasteiger partial charge in [0, 0.05) is 24.5 Å². The van der Waals surface area contributed by atoms with Gasteiger partial charge in [0.05, 0.1) is 0 Å². The molecule has 0 saturated carbocycles. The van der Waals surface area contributed by atoms with Crippen molar-refractivity contribution in [2.45, 2.75) is 12.5 Å². The first-order valence-electron chi connectivity index (χ1n) is 5.75. The molecule has 0 aromatic heterocycles. The summed E-state index contributed by atoms with van der Waals surface area (Å²) in [6.45, 7) is 0.444. The Labute approximate surface area is 113 Å². The zero-order valence-corrected chi connectivity index (χ0v) is 12.1. The van der Waals surface area contributed by atoms with Crippen LogP contribution in [-0.4, -0.2) is 40.8 Å². The average molecular weight is 304 g/mol. The standard InChI is InChI=1S/C11H16N2O4S2/c1-18(14,15)8-19(16,17)13-10-6-9-4-2-3-5-11(9)12-7-10/h2-5,10,12-13H,6-8H2,1H3. The van der Waals surface area contributed by atoms with Crippen molar-refractivity contribution in [1.29, 1.82) is 0 Å². The number of sulfonamides is 1. The van der Waals surface area contributed by atoms with Crippen LogP contribution in [0.1, 0.15) is 5.56 Å². The maximum Gasteiger partial charge on any atom is 0.226 e. The Morgan fingerprint density at radius 2 is 1.95 bits per heavy atom. The monoisotopic (exact) mass is 304 g/mol. The number of hydrogen-bond donors (Lipinski definition) is 2. The van der Waals surface area contributed by atoms with Gasteiger partial charge in [-0.1, -0.05) is 18.2 Å². The number of anilines is 1. The van der Waals surface area contributed by atoms with Gasteiger partial charge in [-0.05, 0) is 18.1 Å². The van der Waals surface area contributed by atoms with Crippen molar-refractivity contribution in [3.63, 3.8) is 0 Å². The molecular formula is C11H16N2O4S2. The summed E-state index contributed by atoms with van der Waals surface area (Å²) in [6.07, 6.45) is 1.45. The molecule has 6 nitrogen and oxygen atoms in total. The molecule has 2 N–H and O–H groups in total. The van der Waals surface area contributed by atoms with Crippen molar-refractivity contribution >= 4 is 25.5 Å². The molecule has 2 rings (SSSR count). The highest BCUT2D eigenvalue weighted by Gasteiger charge is 2.25. The number of hydrogen-bond acceptors (Lipinski definition) is 5. The molecule has 1 aliphatic rings. The largest absolute Gasteiger partial charge is 0.383 e. The summed E-state index contributed by atoms with van der Waals surface area (Å²) in [5.41, 5.74) is 2.00. The Kier molecular flexibility index (Phi) is 3.84. The first kappa shape index (κ1) is 14.3. The molecule has 0 bridgehead atoms. The fraction of sp³-hybridized carbons (Fsp3) is 0.455. The molecule has 106 valence electrons. The van der Waals surface area contributed by atoms with Crippen LogP contribution in [0, 0.1) is 0 Å². The van der Waals surface area contributed by atoms with Crippen LogP contribution in [0.5, 0.6) is 0 Å². The Morgan fingerprint density at radius 3 is 2.63 bits per heavy atom. The highest BCUT2D eigenvalue weighted by molar-refractivity contribution is 8.06. The van der Waals surface area contributed by atoms with Crippen LogP contribution >= 0.6 is 0 Å². The molecule has 8 heteroatoms. The highest BCUT2D eigenvalue weighted by atomic mass is 32.3. The first-order valence-corrected chi connectivity index (χ1v) is 9.46. The molecule has 1 aromatic carbocycles. The third-order valence-corrected chi connectivity index (χ3v) is 6.38. The second kappa shape index (κ2) is 5.10. The number of sulfone groups is 1. The molecule has 1 unspecified atom stereocenters. The fourth-order valence-corrected chi connectivity index (χ4v) is 5.30. The lowest BCUT2D eigenvalue weighted by Crippen LogP contribution is -2.45. The van der Waals surface area contributed by atoms with Crippen molar-refractivity contribution in [3.8, 4) is 0 Å². The summed E-state index contributed by atoms with van der Waals surface area (Å²) in [4.78, 5) is 0. The lowest BCUT2D eigenvalue weighted by molar-refractivity contribution is 0.551. The summed E-state index contributed by atoms with van der Waals surface area (Å²) < 4.78 is 47.9. The fourth-order valence-electron chi connectivity index (χ4n) is 2.09. The van der Waals surface area contributed by atoms with Crippen LogP contribution in [0.25, 0.3) is 0 Å². The molecule has 1 atom stereocenters. The number of rotatable bonds is 4. The molecule has 0 amide bonds. The third kappa shape index (κ3) is 4.19. The summed E-state index contributed by atoms with van der Waals surface area (Å²) in [6, 6.07) is 7.30. The maximum atomic E-state index is 11.7. The second-order valence-corrected chi connectivity index (χ2v) is 8.97. The molecule has 0 saturated heterocycles. The topological polar surface area (TPSA) is 92.3 Å². The van der Waals surface area contributed by atoms with Crippen LogP contribution in [-0.2, 0) is 26.3 Å². The van der Waals surface area contributed by atoms with Gasteiger partial charge in [-0.25, -0.2) is 21.6 Å². The lowest BCUT2D eigenvalue weighted by Gasteiger charge is -2.26. The van der Waals surface area contributed by atoms with Gasteiger partial charge in [-0.3, -0.25) is 0 Å². The predicted molar refractivity (Wildman–Crippen MR) is 74.2 cm³/mol. The van der Waals surface area contributed by atoms with E-state index in [0.717, 1.165) is 17.5 Å². The van der Waals surface area contributed by atoms with Gasteiger partial charge >= 0.3 is 0 Å². The van der Waals surface area contributed by atoms with E-state index in [1.807, 2.05) is 24.3 Å². The quantitative estimate of drug-likeness (QED) is 0.813. The Bertz CT molecular complexity index is 668. The van der Waals surface area contributed by atoms with Crippen molar-refractivity contribution in [2.24, 2.45) is 0 Å². The van der Waals surface area contributed by atoms with E-state index in [-0.39, 0.29) is 6.04 Å². The molecule has 19 heavy (non-hydrogen) atoms. The zero-order valence-electron chi connectivity index (χ0n) is 10.5. The number of nitrogens with one attached hydrogen (secondary N) is 2. The Hall–Kier alpha value is -1.12. The molecule has 1 aromatic rings. The van der Waals surface area contributed by atoms with Crippen LogP contribution in [0.15, 0.2) is 24.3 Å². The summed E-state index contributed by atoms with van der Waals surface area (Å²) in [7, 11) is -7.38. The average Bonchev–Trinajstić information content (AvgIpc) is 2.24. The SMILES string of the molecule is CS(=O)(=O)CS(=O)(=O)NC1CNc2ccccc2C1. The van der Waals surface area contributed by atoms with Crippen LogP contribution < -0.4 is 10.0 Å². The Balaban J connectivity index is 2.07. The van der Waals surface area contributed by atoms with E-state index < -0.39 is 24.9 Å². The van der Waals surface area contributed by atoms with Gasteiger partial charge < -0.3 is 5.32 Å². The number of fused-ring (bicyclic) bond motifs is 1. The van der Waals surface area contributed by atoms with Crippen LogP contribution in [0.2, 0.25) is 0 Å². The third-order valence-electron chi connectivity index (χ3n) is 2.74. The van der Waals surface area contributed by atoms with E-state index in [9.17, 15) is 16.8 Å². The molecule has 0 fully saturated rings. The van der Waals surface area contributed by atoms with Crippen molar-refractivity contribution < 1.29 is 16.8 Å². The summed E-state index contributed by atoms with van der Waals surface area (Å²) in [5, 5.41) is 2.24. The van der Waals surface area contributed by atoms with Gasteiger partial charge in [-0.15, -0.1) is 0 Å². The molecule has 0 aliphatic carbocycles. The summed E-state index contributed by atoms with van der Waals surface area (Å²) in [5.74, 6) is 0. The minimum Gasteiger partial charge on any atom is -0.383 e. The van der Waals surface area contributed by atoms with Gasteiger partial charge in [-0.2, -0.15) is 0 Å². The molecular weight excluding hydrogens is 288 g/mol. The maximum absolute atomic E-state index is 11.7. The van der Waals surface area contributed by atoms with Crippen molar-refractivity contribution in [3.05, 3.63) is 29.8 Å². The van der Waals surface area contributed by atoms with E-state index in [4.69, 9.17) is 0 Å². The predicted octanol–water partition coefficient (Wildman–Crippen LogP) is -0.0553. The van der Waals surface area contributed by atoms with Crippen LogP contribution in [0.4, 0.5) is 5.69 Å². The van der Waals surface area contributed by atoms with E-state index >= 15 is 0 Å². The van der Waals surface area contributed by atoms with E-state index in [1.165, 1.54) is 0 Å².